The number of hydrogen-bond acceptors (Lipinski definition) is 7. The number of rotatable bonds is 8. The van der Waals surface area contributed by atoms with Crippen molar-refractivity contribution >= 4 is 40.3 Å². The number of aromatic nitrogens is 3. The highest BCUT2D eigenvalue weighted by Gasteiger charge is 2.26. The van der Waals surface area contributed by atoms with Gasteiger partial charge >= 0.3 is 0 Å². The first kappa shape index (κ1) is 23.0. The van der Waals surface area contributed by atoms with Crippen LogP contribution in [0.3, 0.4) is 0 Å². The fourth-order valence-corrected chi connectivity index (χ4v) is 4.44. The molecule has 9 nitrogen and oxygen atoms in total. The van der Waals surface area contributed by atoms with Crippen molar-refractivity contribution < 1.29 is 13.9 Å². The molecule has 2 aromatic carbocycles. The molecular weight excluding hydrogens is 461 g/mol. The fourth-order valence-electron chi connectivity index (χ4n) is 4.44. The molecule has 1 aliphatic heterocycles. The number of nitrogens with zero attached hydrogens (tertiary/aromatic N) is 3. The second-order valence-corrected chi connectivity index (χ2v) is 8.44. The van der Waals surface area contributed by atoms with Crippen LogP contribution < -0.4 is 20.7 Å². The maximum atomic E-state index is 14.4. The van der Waals surface area contributed by atoms with Gasteiger partial charge in [0.2, 0.25) is 6.41 Å². The number of nitrogen functional groups attached to an aromatic ring is 1. The molecule has 0 saturated heterocycles. The zero-order valence-corrected chi connectivity index (χ0v) is 19.3. The summed E-state index contributed by atoms with van der Waals surface area (Å²) in [7, 11) is 0. The van der Waals surface area contributed by atoms with Gasteiger partial charge in [-0.15, -0.1) is 0 Å². The SMILES string of the molecule is C=CCOc1cc2[nH]c(C(=N)c3c(N)ncnc3NC3Cc4ccccc4N(C=O)C3)cc2cc1F. The number of benzene rings is 2. The van der Waals surface area contributed by atoms with Crippen molar-refractivity contribution in [1.82, 2.24) is 15.0 Å². The zero-order valence-electron chi connectivity index (χ0n) is 19.3. The van der Waals surface area contributed by atoms with Crippen molar-refractivity contribution in [2.75, 3.05) is 29.1 Å². The van der Waals surface area contributed by atoms with Crippen LogP contribution in [0.2, 0.25) is 0 Å². The van der Waals surface area contributed by atoms with Gasteiger partial charge in [0, 0.05) is 35.2 Å². The molecule has 0 spiro atoms. The van der Waals surface area contributed by atoms with E-state index in [0.29, 0.717) is 40.9 Å². The van der Waals surface area contributed by atoms with E-state index in [4.69, 9.17) is 15.9 Å². The van der Waals surface area contributed by atoms with Gasteiger partial charge in [0.05, 0.1) is 17.0 Å². The number of halogens is 1. The van der Waals surface area contributed by atoms with Crippen LogP contribution in [0.5, 0.6) is 5.75 Å². The highest BCUT2D eigenvalue weighted by Crippen LogP contribution is 2.30. The first-order valence-electron chi connectivity index (χ1n) is 11.3. The Morgan fingerprint density at radius 1 is 1.33 bits per heavy atom. The third kappa shape index (κ3) is 4.24. The molecular formula is C26H24FN7O2. The molecule has 0 aliphatic carbocycles. The monoisotopic (exact) mass is 485 g/mol. The Kier molecular flexibility index (Phi) is 6.07. The third-order valence-electron chi connectivity index (χ3n) is 6.08. The Morgan fingerprint density at radius 2 is 2.17 bits per heavy atom. The molecule has 3 heterocycles. The van der Waals surface area contributed by atoms with Crippen molar-refractivity contribution in [3.05, 3.63) is 84.1 Å². The van der Waals surface area contributed by atoms with Crippen molar-refractivity contribution in [3.8, 4) is 5.75 Å². The number of nitrogens with one attached hydrogen (secondary N) is 3. The summed E-state index contributed by atoms with van der Waals surface area (Å²) in [5.74, 6) is 0.0802. The van der Waals surface area contributed by atoms with E-state index in [9.17, 15) is 9.18 Å². The van der Waals surface area contributed by atoms with E-state index in [1.165, 1.54) is 18.5 Å². The van der Waals surface area contributed by atoms with Crippen LogP contribution >= 0.6 is 0 Å². The standard InChI is InChI=1S/C26H24FN7O2/c1-2-7-36-22-11-19-16(9-18(22)27)10-20(33-19)24(28)23-25(29)30-13-31-26(23)32-17-8-15-5-3-4-6-21(15)34(12-17)14-35/h2-6,9-11,13-14,17,28,33H,1,7-8,12H2,(H3,29,30,31,32). The van der Waals surface area contributed by atoms with E-state index in [1.54, 1.807) is 17.0 Å². The summed E-state index contributed by atoms with van der Waals surface area (Å²) in [5.41, 5.74) is 9.47. The largest absolute Gasteiger partial charge is 0.486 e. The molecule has 0 saturated carbocycles. The van der Waals surface area contributed by atoms with Gasteiger partial charge in [-0.05, 0) is 30.2 Å². The molecule has 1 unspecified atom stereocenters. The Labute approximate surface area is 206 Å². The Bertz CT molecular complexity index is 1480. The van der Waals surface area contributed by atoms with E-state index >= 15 is 0 Å². The first-order valence-corrected chi connectivity index (χ1v) is 11.3. The average Bonchev–Trinajstić information content (AvgIpc) is 3.29. The summed E-state index contributed by atoms with van der Waals surface area (Å²) < 4.78 is 19.8. The molecule has 2 aromatic heterocycles. The molecule has 5 rings (SSSR count). The summed E-state index contributed by atoms with van der Waals surface area (Å²) in [6.45, 7) is 4.17. The summed E-state index contributed by atoms with van der Waals surface area (Å²) in [6.07, 6.45) is 4.33. The number of hydrogen-bond donors (Lipinski definition) is 4. The van der Waals surface area contributed by atoms with E-state index in [2.05, 4.69) is 26.8 Å². The predicted molar refractivity (Wildman–Crippen MR) is 137 cm³/mol. The minimum absolute atomic E-state index is 0.0456. The summed E-state index contributed by atoms with van der Waals surface area (Å²) in [5, 5.41) is 12.8. The van der Waals surface area contributed by atoms with Crippen molar-refractivity contribution in [1.29, 1.82) is 5.41 Å². The molecule has 1 amide bonds. The molecule has 10 heteroatoms. The number of carbonyl (C=O) groups excluding carboxylic acids is 1. The molecule has 36 heavy (non-hydrogen) atoms. The summed E-state index contributed by atoms with van der Waals surface area (Å²) in [4.78, 5) is 24.9. The first-order chi connectivity index (χ1) is 17.5. The molecule has 0 bridgehead atoms. The van der Waals surface area contributed by atoms with E-state index < -0.39 is 5.82 Å². The molecule has 0 radical (unpaired) electrons. The second-order valence-electron chi connectivity index (χ2n) is 8.44. The number of carbonyl (C=O) groups is 1. The van der Waals surface area contributed by atoms with Crippen LogP contribution in [0.25, 0.3) is 10.9 Å². The molecule has 182 valence electrons. The topological polar surface area (TPSA) is 133 Å². The highest BCUT2D eigenvalue weighted by molar-refractivity contribution is 6.16. The minimum Gasteiger partial charge on any atom is -0.486 e. The van der Waals surface area contributed by atoms with Crippen molar-refractivity contribution in [3.63, 3.8) is 0 Å². The maximum absolute atomic E-state index is 14.4. The van der Waals surface area contributed by atoms with Gasteiger partial charge in [-0.1, -0.05) is 30.9 Å². The number of para-hydroxylation sites is 1. The molecule has 5 N–H and O–H groups in total. The fraction of sp³-hybridized carbons (Fsp3) is 0.154. The number of anilines is 3. The zero-order chi connectivity index (χ0) is 25.2. The normalized spacial score (nSPS) is 14.8. The Morgan fingerprint density at radius 3 is 2.97 bits per heavy atom. The lowest BCUT2D eigenvalue weighted by atomic mass is 9.98. The quantitative estimate of drug-likeness (QED) is 0.171. The van der Waals surface area contributed by atoms with E-state index in [-0.39, 0.29) is 29.9 Å². The Hall–Kier alpha value is -4.73. The smallest absolute Gasteiger partial charge is 0.214 e. The van der Waals surface area contributed by atoms with Crippen LogP contribution in [0, 0.1) is 11.2 Å². The summed E-state index contributed by atoms with van der Waals surface area (Å²) >= 11 is 0. The average molecular weight is 486 g/mol. The molecule has 4 aromatic rings. The summed E-state index contributed by atoms with van der Waals surface area (Å²) in [6, 6.07) is 12.1. The van der Waals surface area contributed by atoms with Crippen LogP contribution in [0.4, 0.5) is 21.7 Å². The van der Waals surface area contributed by atoms with Gasteiger partial charge in [-0.2, -0.15) is 0 Å². The number of ether oxygens (including phenoxy) is 1. The lowest BCUT2D eigenvalue weighted by Crippen LogP contribution is -2.42. The van der Waals surface area contributed by atoms with Crippen LogP contribution in [-0.2, 0) is 11.2 Å². The lowest BCUT2D eigenvalue weighted by molar-refractivity contribution is -0.107. The van der Waals surface area contributed by atoms with E-state index in [0.717, 1.165) is 17.7 Å². The minimum atomic E-state index is -0.511. The Balaban J connectivity index is 1.46. The molecule has 0 fully saturated rings. The maximum Gasteiger partial charge on any atom is 0.214 e. The molecule has 1 atom stereocenters. The van der Waals surface area contributed by atoms with Gasteiger partial charge in [-0.25, -0.2) is 14.4 Å². The van der Waals surface area contributed by atoms with Crippen LogP contribution in [-0.4, -0.2) is 46.3 Å². The number of nitrogens with two attached hydrogens (primary N) is 1. The second kappa shape index (κ2) is 9.49. The third-order valence-corrected chi connectivity index (χ3v) is 6.08. The van der Waals surface area contributed by atoms with Crippen LogP contribution in [0.15, 0.2) is 61.4 Å². The number of amides is 1. The van der Waals surface area contributed by atoms with Crippen LogP contribution in [0.1, 0.15) is 16.8 Å². The predicted octanol–water partition coefficient (Wildman–Crippen LogP) is 3.66. The van der Waals surface area contributed by atoms with Gasteiger partial charge in [0.15, 0.2) is 11.6 Å². The van der Waals surface area contributed by atoms with Crippen molar-refractivity contribution in [2.24, 2.45) is 0 Å². The van der Waals surface area contributed by atoms with Gasteiger partial charge in [0.25, 0.3) is 0 Å². The van der Waals surface area contributed by atoms with Gasteiger partial charge in [-0.3, -0.25) is 10.2 Å². The molecule has 1 aliphatic rings. The van der Waals surface area contributed by atoms with Crippen molar-refractivity contribution in [2.45, 2.75) is 12.5 Å². The van der Waals surface area contributed by atoms with Gasteiger partial charge < -0.3 is 25.7 Å². The lowest BCUT2D eigenvalue weighted by Gasteiger charge is -2.33. The van der Waals surface area contributed by atoms with E-state index in [1.807, 2.05) is 24.3 Å². The number of fused-ring (bicyclic) bond motifs is 2. The number of H-pyrrole nitrogens is 1. The number of aromatic amines is 1. The van der Waals surface area contributed by atoms with Gasteiger partial charge in [0.1, 0.15) is 24.6 Å². The highest BCUT2D eigenvalue weighted by atomic mass is 19.1.